The van der Waals surface area contributed by atoms with Gasteiger partial charge in [0.2, 0.25) is 0 Å². The van der Waals surface area contributed by atoms with Crippen molar-refractivity contribution in [2.75, 3.05) is 51.1 Å². The van der Waals surface area contributed by atoms with Gasteiger partial charge in [0.1, 0.15) is 24.5 Å². The summed E-state index contributed by atoms with van der Waals surface area (Å²) in [5.41, 5.74) is 3.20. The average molecular weight is 449 g/mol. The number of nitrogens with zero attached hydrogens (tertiary/aromatic N) is 4. The van der Waals surface area contributed by atoms with Crippen molar-refractivity contribution in [1.29, 1.82) is 0 Å². The van der Waals surface area contributed by atoms with E-state index >= 15 is 0 Å². The Morgan fingerprint density at radius 1 is 1.24 bits per heavy atom. The van der Waals surface area contributed by atoms with E-state index < -0.39 is 0 Å². The van der Waals surface area contributed by atoms with Crippen molar-refractivity contribution < 1.29 is 14.3 Å². The lowest BCUT2D eigenvalue weighted by Crippen LogP contribution is -2.29. The number of hydrogen-bond donors (Lipinski definition) is 2. The Morgan fingerprint density at radius 2 is 2.09 bits per heavy atom. The topological polar surface area (TPSA) is 102 Å². The van der Waals surface area contributed by atoms with Crippen LogP contribution in [0.4, 0.5) is 11.6 Å². The molecule has 9 nitrogen and oxygen atoms in total. The van der Waals surface area contributed by atoms with Gasteiger partial charge in [0.15, 0.2) is 11.6 Å². The maximum Gasteiger partial charge on any atom is 0.251 e. The summed E-state index contributed by atoms with van der Waals surface area (Å²) in [6.07, 6.45) is 3.34. The number of nitrogens with one attached hydrogen (secondary N) is 2. The number of methoxy groups -OCH3 is 1. The van der Waals surface area contributed by atoms with Crippen LogP contribution in [0.15, 0.2) is 42.9 Å². The van der Waals surface area contributed by atoms with E-state index in [2.05, 4.69) is 37.4 Å². The SMILES string of the molecule is CNC(=O)c1ccc([C@H](C)CNc2cc(-c3cnc4c(c3)OCCN4C)ncn2)c(OC)c1. The van der Waals surface area contributed by atoms with Crippen LogP contribution in [0.1, 0.15) is 28.8 Å². The minimum absolute atomic E-state index is 0.117. The van der Waals surface area contributed by atoms with E-state index in [1.54, 1.807) is 32.5 Å². The van der Waals surface area contributed by atoms with Gasteiger partial charge in [0.25, 0.3) is 5.91 Å². The smallest absolute Gasteiger partial charge is 0.251 e. The molecule has 33 heavy (non-hydrogen) atoms. The highest BCUT2D eigenvalue weighted by Crippen LogP contribution is 2.32. The summed E-state index contributed by atoms with van der Waals surface area (Å²) >= 11 is 0. The largest absolute Gasteiger partial charge is 0.496 e. The summed E-state index contributed by atoms with van der Waals surface area (Å²) in [6.45, 7) is 4.17. The second kappa shape index (κ2) is 9.72. The zero-order chi connectivity index (χ0) is 23.4. The van der Waals surface area contributed by atoms with Crippen molar-refractivity contribution in [2.45, 2.75) is 12.8 Å². The lowest BCUT2D eigenvalue weighted by molar-refractivity contribution is 0.0962. The van der Waals surface area contributed by atoms with Crippen LogP contribution >= 0.6 is 0 Å². The first-order valence-electron chi connectivity index (χ1n) is 10.8. The molecule has 1 aliphatic rings. The van der Waals surface area contributed by atoms with Crippen molar-refractivity contribution in [2.24, 2.45) is 0 Å². The number of aromatic nitrogens is 3. The molecule has 0 fully saturated rings. The Hall–Kier alpha value is -3.88. The number of rotatable bonds is 7. The van der Waals surface area contributed by atoms with Crippen LogP contribution < -0.4 is 25.0 Å². The minimum Gasteiger partial charge on any atom is -0.496 e. The molecule has 0 saturated carbocycles. The van der Waals surface area contributed by atoms with Gasteiger partial charge in [0.05, 0.1) is 19.3 Å². The highest BCUT2D eigenvalue weighted by atomic mass is 16.5. The van der Waals surface area contributed by atoms with E-state index in [1.807, 2.05) is 25.2 Å². The monoisotopic (exact) mass is 448 g/mol. The molecule has 0 saturated heterocycles. The minimum atomic E-state index is -0.146. The second-order valence-corrected chi connectivity index (χ2v) is 7.92. The summed E-state index contributed by atoms with van der Waals surface area (Å²) in [5.74, 6) is 2.96. The molecule has 1 aromatic carbocycles. The van der Waals surface area contributed by atoms with Gasteiger partial charge in [-0.1, -0.05) is 13.0 Å². The van der Waals surface area contributed by atoms with Crippen LogP contribution in [-0.4, -0.2) is 61.8 Å². The Labute approximate surface area is 193 Å². The molecular weight excluding hydrogens is 420 g/mol. The first kappa shape index (κ1) is 22.3. The van der Waals surface area contributed by atoms with Gasteiger partial charge in [-0.05, 0) is 23.8 Å². The van der Waals surface area contributed by atoms with Crippen molar-refractivity contribution >= 4 is 17.5 Å². The standard InChI is InChI=1S/C24H28N6O3/c1-15(18-6-5-16(24(31)25-2)9-20(18)32-4)12-26-22-11-19(28-14-29-22)17-10-21-23(27-13-17)30(3)7-8-33-21/h5-6,9-11,13-15H,7-8,12H2,1-4H3,(H,25,31)(H,26,28,29)/t15-/m1/s1. The molecule has 0 unspecified atom stereocenters. The number of amides is 1. The summed E-state index contributed by atoms with van der Waals surface area (Å²) in [6, 6.07) is 9.35. The predicted octanol–water partition coefficient (Wildman–Crippen LogP) is 2.95. The van der Waals surface area contributed by atoms with E-state index in [1.165, 1.54) is 6.33 Å². The maximum absolute atomic E-state index is 11.9. The molecule has 2 aromatic heterocycles. The lowest BCUT2D eigenvalue weighted by atomic mass is 9.98. The molecule has 3 aromatic rings. The fraction of sp³-hybridized carbons (Fsp3) is 0.333. The lowest BCUT2D eigenvalue weighted by Gasteiger charge is -2.26. The quantitative estimate of drug-likeness (QED) is 0.569. The number of hydrogen-bond acceptors (Lipinski definition) is 8. The Kier molecular flexibility index (Phi) is 6.58. The van der Waals surface area contributed by atoms with E-state index in [-0.39, 0.29) is 11.8 Å². The zero-order valence-corrected chi connectivity index (χ0v) is 19.3. The van der Waals surface area contributed by atoms with Gasteiger partial charge >= 0.3 is 0 Å². The normalized spacial score (nSPS) is 13.5. The molecule has 0 aliphatic carbocycles. The molecule has 0 bridgehead atoms. The third-order valence-electron chi connectivity index (χ3n) is 5.68. The van der Waals surface area contributed by atoms with Gasteiger partial charge in [-0.2, -0.15) is 0 Å². The molecule has 0 radical (unpaired) electrons. The highest BCUT2D eigenvalue weighted by Gasteiger charge is 2.18. The number of benzene rings is 1. The summed E-state index contributed by atoms with van der Waals surface area (Å²) in [5, 5.41) is 6.01. The van der Waals surface area contributed by atoms with E-state index in [0.29, 0.717) is 30.3 Å². The van der Waals surface area contributed by atoms with Gasteiger partial charge in [-0.15, -0.1) is 0 Å². The number of carbonyl (C=O) groups excluding carboxylic acids is 1. The second-order valence-electron chi connectivity index (χ2n) is 7.92. The van der Waals surface area contributed by atoms with Crippen LogP contribution in [0.2, 0.25) is 0 Å². The Bertz CT molecular complexity index is 1150. The van der Waals surface area contributed by atoms with Crippen LogP contribution in [0.25, 0.3) is 11.3 Å². The molecule has 4 rings (SSSR count). The zero-order valence-electron chi connectivity index (χ0n) is 19.3. The molecule has 1 aliphatic heterocycles. The van der Waals surface area contributed by atoms with Crippen LogP contribution in [-0.2, 0) is 0 Å². The average Bonchev–Trinajstić information content (AvgIpc) is 2.86. The number of ether oxygens (including phenoxy) is 2. The summed E-state index contributed by atoms with van der Waals surface area (Å²) < 4.78 is 11.3. The number of likely N-dealkylation sites (N-methyl/N-ethyl adjacent to an activating group) is 1. The molecule has 2 N–H and O–H groups in total. The van der Waals surface area contributed by atoms with Crippen LogP contribution in [0.5, 0.6) is 11.5 Å². The number of anilines is 2. The molecule has 1 amide bonds. The number of carbonyl (C=O) groups is 1. The van der Waals surface area contributed by atoms with Crippen molar-refractivity contribution in [1.82, 2.24) is 20.3 Å². The number of fused-ring (bicyclic) bond motifs is 1. The first-order chi connectivity index (χ1) is 16.0. The molecule has 1 atom stereocenters. The predicted molar refractivity (Wildman–Crippen MR) is 127 cm³/mol. The van der Waals surface area contributed by atoms with Crippen molar-refractivity contribution in [3.63, 3.8) is 0 Å². The highest BCUT2D eigenvalue weighted by molar-refractivity contribution is 5.94. The van der Waals surface area contributed by atoms with Crippen LogP contribution in [0, 0.1) is 0 Å². The van der Waals surface area contributed by atoms with Gasteiger partial charge < -0.3 is 25.0 Å². The van der Waals surface area contributed by atoms with Gasteiger partial charge in [-0.25, -0.2) is 15.0 Å². The van der Waals surface area contributed by atoms with E-state index in [9.17, 15) is 4.79 Å². The molecule has 9 heteroatoms. The maximum atomic E-state index is 11.9. The van der Waals surface area contributed by atoms with Crippen LogP contribution in [0.3, 0.4) is 0 Å². The van der Waals surface area contributed by atoms with E-state index in [4.69, 9.17) is 9.47 Å². The first-order valence-corrected chi connectivity index (χ1v) is 10.8. The molecule has 172 valence electrons. The van der Waals surface area contributed by atoms with E-state index in [0.717, 1.165) is 34.9 Å². The fourth-order valence-electron chi connectivity index (χ4n) is 3.75. The Morgan fingerprint density at radius 3 is 2.88 bits per heavy atom. The molecular formula is C24H28N6O3. The Balaban J connectivity index is 1.48. The summed E-state index contributed by atoms with van der Waals surface area (Å²) in [4.78, 5) is 27.3. The fourth-order valence-corrected chi connectivity index (χ4v) is 3.75. The molecule has 3 heterocycles. The third-order valence-corrected chi connectivity index (χ3v) is 5.68. The van der Waals surface area contributed by atoms with Crippen molar-refractivity contribution in [3.8, 4) is 22.8 Å². The van der Waals surface area contributed by atoms with Crippen molar-refractivity contribution in [3.05, 3.63) is 54.0 Å². The van der Waals surface area contributed by atoms with Gasteiger partial charge in [0, 0.05) is 49.9 Å². The number of pyridine rings is 1. The summed E-state index contributed by atoms with van der Waals surface area (Å²) in [7, 11) is 5.22. The van der Waals surface area contributed by atoms with Gasteiger partial charge in [-0.3, -0.25) is 4.79 Å². The molecule has 0 spiro atoms. The third kappa shape index (κ3) is 4.82.